The van der Waals surface area contributed by atoms with Crippen molar-refractivity contribution >= 4 is 12.4 Å². The molecule has 2 rings (SSSR count). The molecule has 1 nitrogen and oxygen atoms in total. The van der Waals surface area contributed by atoms with E-state index in [0.29, 0.717) is 12.2 Å². The number of fused-ring (bicyclic) bond motifs is 1. The van der Waals surface area contributed by atoms with Gasteiger partial charge < -0.3 is 4.79 Å². The van der Waals surface area contributed by atoms with Crippen molar-refractivity contribution in [3.05, 3.63) is 64.7 Å². The Morgan fingerprint density at radius 2 is 1.74 bits per heavy atom. The zero-order valence-electron chi connectivity index (χ0n) is 16.1. The third kappa shape index (κ3) is 5.09. The van der Waals surface area contributed by atoms with Crippen molar-refractivity contribution in [1.29, 1.82) is 0 Å². The molecule has 144 valence electrons. The number of halogens is 3. The summed E-state index contributed by atoms with van der Waals surface area (Å²) in [5.74, 6) is -1.33. The largest absolute Gasteiger partial charge is 0.395 e. The second-order valence-electron chi connectivity index (χ2n) is 7.18. The minimum atomic E-state index is -4.41. The van der Waals surface area contributed by atoms with Gasteiger partial charge in [-0.3, -0.25) is 0 Å². The molecule has 1 unspecified atom stereocenters. The number of carbonyl (C=O) groups is 1. The van der Waals surface area contributed by atoms with Gasteiger partial charge in [0, 0.05) is 6.42 Å². The Labute approximate surface area is 158 Å². The molecular weight excluding hydrogens is 349 g/mol. The van der Waals surface area contributed by atoms with Crippen molar-refractivity contribution in [1.82, 2.24) is 0 Å². The van der Waals surface area contributed by atoms with Crippen LogP contribution in [0.25, 0.3) is 17.2 Å². The average Bonchev–Trinajstić information content (AvgIpc) is 2.76. The van der Waals surface area contributed by atoms with Gasteiger partial charge in [-0.2, -0.15) is 13.2 Å². The molecule has 0 bridgehead atoms. The zero-order chi connectivity index (χ0) is 20.2. The first-order valence-electron chi connectivity index (χ1n) is 9.04. The van der Waals surface area contributed by atoms with Gasteiger partial charge in [-0.25, -0.2) is 0 Å². The summed E-state index contributed by atoms with van der Waals surface area (Å²) >= 11 is 0. The molecule has 0 N–H and O–H groups in total. The van der Waals surface area contributed by atoms with E-state index >= 15 is 0 Å². The minimum Gasteiger partial charge on any atom is -0.303 e. The smallest absolute Gasteiger partial charge is 0.303 e. The first-order valence-corrected chi connectivity index (χ1v) is 9.04. The topological polar surface area (TPSA) is 17.1 Å². The van der Waals surface area contributed by atoms with E-state index in [4.69, 9.17) is 0 Å². The van der Waals surface area contributed by atoms with Gasteiger partial charge in [-0.15, -0.1) is 0 Å². The molecule has 0 radical (unpaired) electrons. The summed E-state index contributed by atoms with van der Waals surface area (Å²) in [7, 11) is 0. The van der Waals surface area contributed by atoms with E-state index in [1.165, 1.54) is 17.2 Å². The Hall–Kier alpha value is -2.36. The SMILES string of the molecule is Cc1cc(/C=C/C=C/C(CC=O)C(F)(F)F)c2c(C)ccc(C(C)C)cc1-2. The molecule has 27 heavy (non-hydrogen) atoms. The van der Waals surface area contributed by atoms with Crippen molar-refractivity contribution in [2.75, 3.05) is 0 Å². The lowest BCUT2D eigenvalue weighted by Gasteiger charge is -2.13. The molecule has 2 aliphatic rings. The maximum atomic E-state index is 12.8. The van der Waals surface area contributed by atoms with Gasteiger partial charge in [-0.05, 0) is 53.1 Å². The van der Waals surface area contributed by atoms with Crippen LogP contribution in [-0.4, -0.2) is 12.5 Å². The first kappa shape index (κ1) is 20.9. The lowest BCUT2D eigenvalue weighted by Crippen LogP contribution is -2.21. The predicted octanol–water partition coefficient (Wildman–Crippen LogP) is 6.87. The highest BCUT2D eigenvalue weighted by molar-refractivity contribution is 5.84. The molecule has 1 atom stereocenters. The number of rotatable bonds is 6. The van der Waals surface area contributed by atoms with Crippen LogP contribution in [-0.2, 0) is 4.79 Å². The van der Waals surface area contributed by atoms with E-state index in [1.807, 2.05) is 19.9 Å². The molecule has 0 saturated carbocycles. The molecule has 0 aromatic rings. The van der Waals surface area contributed by atoms with Crippen LogP contribution in [0.4, 0.5) is 13.2 Å². The van der Waals surface area contributed by atoms with E-state index < -0.39 is 18.5 Å². The quantitative estimate of drug-likeness (QED) is 0.398. The summed E-state index contributed by atoms with van der Waals surface area (Å²) in [4.78, 5) is 10.5. The van der Waals surface area contributed by atoms with Gasteiger partial charge in [0.2, 0.25) is 0 Å². The van der Waals surface area contributed by atoms with Crippen LogP contribution in [0.5, 0.6) is 0 Å². The molecular formula is C23H25F3O. The molecule has 0 saturated heterocycles. The Morgan fingerprint density at radius 3 is 2.33 bits per heavy atom. The summed E-state index contributed by atoms with van der Waals surface area (Å²) in [5, 5.41) is 0. The van der Waals surface area contributed by atoms with Crippen molar-refractivity contribution in [3.63, 3.8) is 0 Å². The summed E-state index contributed by atoms with van der Waals surface area (Å²) in [5.41, 5.74) is 6.78. The molecule has 0 aliphatic heterocycles. The van der Waals surface area contributed by atoms with E-state index in [9.17, 15) is 18.0 Å². The van der Waals surface area contributed by atoms with Crippen molar-refractivity contribution in [2.45, 2.75) is 46.2 Å². The van der Waals surface area contributed by atoms with Crippen LogP contribution < -0.4 is 0 Å². The second-order valence-corrected chi connectivity index (χ2v) is 7.18. The zero-order valence-corrected chi connectivity index (χ0v) is 16.1. The molecule has 0 spiro atoms. The van der Waals surface area contributed by atoms with Crippen molar-refractivity contribution in [3.8, 4) is 11.1 Å². The predicted molar refractivity (Wildman–Crippen MR) is 105 cm³/mol. The van der Waals surface area contributed by atoms with Crippen LogP contribution in [0, 0.1) is 19.8 Å². The summed E-state index contributed by atoms with van der Waals surface area (Å²) in [6.07, 6.45) is 1.16. The Morgan fingerprint density at radius 1 is 1.04 bits per heavy atom. The molecule has 2 aliphatic carbocycles. The monoisotopic (exact) mass is 374 g/mol. The minimum absolute atomic E-state index is 0.302. The summed E-state index contributed by atoms with van der Waals surface area (Å²) in [6.45, 7) is 8.39. The standard InChI is InChI=1S/C23H25F3O/c1-15(2)18-10-9-16(3)22-19(13-17(4)21(22)14-18)7-5-6-8-20(11-12-27)23(24,25)26/h5-10,12-15,20H,11H2,1-4H3/b7-5+,8-6+. The van der Waals surface area contributed by atoms with Crippen molar-refractivity contribution in [2.24, 2.45) is 5.92 Å². The fourth-order valence-corrected chi connectivity index (χ4v) is 3.15. The number of aryl methyl sites for hydroxylation is 2. The van der Waals surface area contributed by atoms with Crippen LogP contribution in [0.15, 0.2) is 42.5 Å². The van der Waals surface area contributed by atoms with E-state index in [-0.39, 0.29) is 0 Å². The van der Waals surface area contributed by atoms with Gasteiger partial charge in [0.15, 0.2) is 0 Å². The number of alkyl halides is 3. The maximum absolute atomic E-state index is 12.8. The summed E-state index contributed by atoms with van der Waals surface area (Å²) < 4.78 is 38.5. The lowest BCUT2D eigenvalue weighted by molar-refractivity contribution is -0.163. The number of carbonyl (C=O) groups excluding carboxylic acids is 1. The maximum Gasteiger partial charge on any atom is 0.395 e. The molecule has 0 aromatic heterocycles. The highest BCUT2D eigenvalue weighted by Gasteiger charge is 2.37. The van der Waals surface area contributed by atoms with Crippen LogP contribution in [0.3, 0.4) is 0 Å². The van der Waals surface area contributed by atoms with E-state index in [2.05, 4.69) is 38.1 Å². The highest BCUT2D eigenvalue weighted by Crippen LogP contribution is 2.37. The van der Waals surface area contributed by atoms with E-state index in [0.717, 1.165) is 28.3 Å². The van der Waals surface area contributed by atoms with Crippen LogP contribution >= 0.6 is 0 Å². The van der Waals surface area contributed by atoms with Crippen LogP contribution in [0.1, 0.15) is 48.4 Å². The normalized spacial score (nSPS) is 13.9. The fraction of sp³-hybridized carbons (Fsp3) is 0.348. The van der Waals surface area contributed by atoms with Gasteiger partial charge >= 0.3 is 6.18 Å². The third-order valence-corrected chi connectivity index (χ3v) is 4.75. The Balaban J connectivity index is 2.34. The number of hydrogen-bond donors (Lipinski definition) is 0. The fourth-order valence-electron chi connectivity index (χ4n) is 3.15. The first-order chi connectivity index (χ1) is 12.6. The van der Waals surface area contributed by atoms with Gasteiger partial charge in [0.1, 0.15) is 6.29 Å². The second kappa shape index (κ2) is 8.55. The Kier molecular flexibility index (Phi) is 6.63. The molecule has 0 aromatic carbocycles. The molecule has 0 fully saturated rings. The van der Waals surface area contributed by atoms with Crippen LogP contribution in [0.2, 0.25) is 0 Å². The Bertz CT molecular complexity index is 828. The molecule has 0 heterocycles. The summed E-state index contributed by atoms with van der Waals surface area (Å²) in [6, 6.07) is 8.46. The van der Waals surface area contributed by atoms with Gasteiger partial charge in [-0.1, -0.05) is 62.4 Å². The third-order valence-electron chi connectivity index (χ3n) is 4.75. The molecule has 4 heteroatoms. The number of aldehydes is 1. The highest BCUT2D eigenvalue weighted by atomic mass is 19.4. The average molecular weight is 374 g/mol. The van der Waals surface area contributed by atoms with Gasteiger partial charge in [0.25, 0.3) is 0 Å². The lowest BCUT2D eigenvalue weighted by atomic mass is 10.0. The van der Waals surface area contributed by atoms with E-state index in [1.54, 1.807) is 6.08 Å². The van der Waals surface area contributed by atoms with Gasteiger partial charge in [0.05, 0.1) is 5.92 Å². The number of allylic oxidation sites excluding steroid dienone is 3. The number of hydrogen-bond acceptors (Lipinski definition) is 1. The molecule has 0 amide bonds. The van der Waals surface area contributed by atoms with Crippen molar-refractivity contribution < 1.29 is 18.0 Å².